The fourth-order valence-electron chi connectivity index (χ4n) is 2.33. The number of nitrogens with zero attached hydrogens (tertiary/aromatic N) is 1. The molecule has 0 amide bonds. The van der Waals surface area contributed by atoms with E-state index in [9.17, 15) is 0 Å². The number of hydrogen-bond donors (Lipinski definition) is 0. The molecule has 0 aliphatic carbocycles. The molecule has 3 nitrogen and oxygen atoms in total. The van der Waals surface area contributed by atoms with E-state index >= 15 is 0 Å². The van der Waals surface area contributed by atoms with Crippen molar-refractivity contribution in [2.75, 3.05) is 7.11 Å². The van der Waals surface area contributed by atoms with Crippen LogP contribution in [0.15, 0.2) is 74.6 Å². The minimum atomic E-state index is 0.492. The third-order valence-corrected chi connectivity index (χ3v) is 5.31. The van der Waals surface area contributed by atoms with Gasteiger partial charge in [-0.25, -0.2) is 0 Å². The number of ether oxygens (including phenoxy) is 2. The van der Waals surface area contributed by atoms with E-state index in [1.807, 2.05) is 48.5 Å². The lowest BCUT2D eigenvalue weighted by atomic mass is 10.2. The highest BCUT2D eigenvalue weighted by molar-refractivity contribution is 9.11. The Hall–Kier alpha value is -1.82. The average Bonchev–Trinajstić information content (AvgIpc) is 2.66. The van der Waals surface area contributed by atoms with Crippen LogP contribution in [-0.2, 0) is 6.61 Å². The SMILES string of the molecule is COc1ccc(N=Cc2ccc(OCc3ccc(Br)cc3Br)cc2)cc1Cl. The van der Waals surface area contributed by atoms with Gasteiger partial charge in [0.05, 0.1) is 17.8 Å². The van der Waals surface area contributed by atoms with Gasteiger partial charge in [-0.15, -0.1) is 0 Å². The normalized spacial score (nSPS) is 11.0. The molecule has 0 aliphatic heterocycles. The fourth-order valence-corrected chi connectivity index (χ4v) is 3.75. The van der Waals surface area contributed by atoms with Crippen molar-refractivity contribution >= 4 is 55.4 Å². The Bertz CT molecular complexity index is 959. The van der Waals surface area contributed by atoms with Crippen molar-refractivity contribution in [3.05, 3.63) is 85.8 Å². The van der Waals surface area contributed by atoms with Crippen molar-refractivity contribution < 1.29 is 9.47 Å². The zero-order valence-corrected chi connectivity index (χ0v) is 18.4. The second kappa shape index (κ2) is 9.40. The maximum Gasteiger partial charge on any atom is 0.137 e. The van der Waals surface area contributed by atoms with Gasteiger partial charge in [-0.1, -0.05) is 49.5 Å². The van der Waals surface area contributed by atoms with E-state index in [0.717, 1.165) is 31.5 Å². The van der Waals surface area contributed by atoms with Gasteiger partial charge in [0.25, 0.3) is 0 Å². The minimum absolute atomic E-state index is 0.492. The zero-order valence-electron chi connectivity index (χ0n) is 14.5. The molecule has 3 rings (SSSR count). The van der Waals surface area contributed by atoms with Crippen LogP contribution in [0.1, 0.15) is 11.1 Å². The summed E-state index contributed by atoms with van der Waals surface area (Å²) < 4.78 is 13.0. The molecule has 0 N–H and O–H groups in total. The highest BCUT2D eigenvalue weighted by Crippen LogP contribution is 2.28. The van der Waals surface area contributed by atoms with Gasteiger partial charge >= 0.3 is 0 Å². The van der Waals surface area contributed by atoms with Crippen LogP contribution in [0.3, 0.4) is 0 Å². The van der Waals surface area contributed by atoms with Crippen molar-refractivity contribution in [3.63, 3.8) is 0 Å². The van der Waals surface area contributed by atoms with E-state index in [2.05, 4.69) is 36.9 Å². The van der Waals surface area contributed by atoms with Crippen molar-refractivity contribution in [1.29, 1.82) is 0 Å². The fraction of sp³-hybridized carbons (Fsp3) is 0.0952. The number of hydrogen-bond acceptors (Lipinski definition) is 3. The largest absolute Gasteiger partial charge is 0.495 e. The Kier molecular flexibility index (Phi) is 6.94. The predicted octanol–water partition coefficient (Wildman–Crippen LogP) is 7.20. The maximum absolute atomic E-state index is 6.12. The number of halogens is 3. The second-order valence-electron chi connectivity index (χ2n) is 5.67. The Labute approximate surface area is 180 Å². The van der Waals surface area contributed by atoms with Crippen LogP contribution in [0.2, 0.25) is 5.02 Å². The monoisotopic (exact) mass is 507 g/mol. The molecule has 0 unspecified atom stereocenters. The summed E-state index contributed by atoms with van der Waals surface area (Å²) in [6, 6.07) is 19.2. The van der Waals surface area contributed by atoms with Crippen LogP contribution in [-0.4, -0.2) is 13.3 Å². The summed E-state index contributed by atoms with van der Waals surface area (Å²) in [6.45, 7) is 0.492. The van der Waals surface area contributed by atoms with Gasteiger partial charge in [-0.3, -0.25) is 4.99 Å². The Balaban J connectivity index is 1.62. The smallest absolute Gasteiger partial charge is 0.137 e. The van der Waals surface area contributed by atoms with Crippen LogP contribution in [0.4, 0.5) is 5.69 Å². The minimum Gasteiger partial charge on any atom is -0.495 e. The van der Waals surface area contributed by atoms with Crippen molar-refractivity contribution in [3.8, 4) is 11.5 Å². The van der Waals surface area contributed by atoms with Crippen molar-refractivity contribution in [2.45, 2.75) is 6.61 Å². The summed E-state index contributed by atoms with van der Waals surface area (Å²) in [5.41, 5.74) is 2.82. The summed E-state index contributed by atoms with van der Waals surface area (Å²) in [7, 11) is 1.59. The molecule has 0 aromatic heterocycles. The molecule has 0 heterocycles. The molecule has 0 bridgehead atoms. The molecule has 0 saturated carbocycles. The highest BCUT2D eigenvalue weighted by Gasteiger charge is 2.03. The Morgan fingerprint density at radius 1 is 1.00 bits per heavy atom. The van der Waals surface area contributed by atoms with Gasteiger partial charge in [-0.2, -0.15) is 0 Å². The molecule has 0 atom stereocenters. The van der Waals surface area contributed by atoms with E-state index in [1.54, 1.807) is 25.5 Å². The molecule has 0 saturated heterocycles. The molecule has 3 aromatic rings. The molecule has 0 aliphatic rings. The van der Waals surface area contributed by atoms with E-state index in [-0.39, 0.29) is 0 Å². The average molecular weight is 510 g/mol. The molecule has 3 aromatic carbocycles. The molecule has 0 spiro atoms. The van der Waals surface area contributed by atoms with Gasteiger partial charge in [-0.05, 0) is 60.2 Å². The predicted molar refractivity (Wildman–Crippen MR) is 118 cm³/mol. The van der Waals surface area contributed by atoms with E-state index in [1.165, 1.54) is 0 Å². The maximum atomic E-state index is 6.12. The first-order valence-corrected chi connectivity index (χ1v) is 10.1. The van der Waals surface area contributed by atoms with Crippen LogP contribution >= 0.6 is 43.5 Å². The lowest BCUT2D eigenvalue weighted by Gasteiger charge is -2.08. The molecular weight excluding hydrogens is 493 g/mol. The first-order valence-electron chi connectivity index (χ1n) is 8.09. The van der Waals surface area contributed by atoms with Crippen molar-refractivity contribution in [1.82, 2.24) is 0 Å². The lowest BCUT2D eigenvalue weighted by molar-refractivity contribution is 0.305. The third kappa shape index (κ3) is 5.58. The molecule has 138 valence electrons. The molecular formula is C21H16Br2ClNO2. The van der Waals surface area contributed by atoms with Gasteiger partial charge < -0.3 is 9.47 Å². The summed E-state index contributed by atoms with van der Waals surface area (Å²) >= 11 is 13.1. The summed E-state index contributed by atoms with van der Waals surface area (Å²) in [4.78, 5) is 4.44. The summed E-state index contributed by atoms with van der Waals surface area (Å²) in [5, 5.41) is 0.537. The molecule has 6 heteroatoms. The number of aliphatic imine (C=N–C) groups is 1. The van der Waals surface area contributed by atoms with E-state index in [4.69, 9.17) is 21.1 Å². The van der Waals surface area contributed by atoms with Crippen LogP contribution in [0.25, 0.3) is 0 Å². The standard InChI is InChI=1S/C21H16Br2ClNO2/c1-26-21-9-6-17(11-20(21)24)25-12-14-2-7-18(8-3-14)27-13-15-4-5-16(22)10-19(15)23/h2-12H,13H2,1H3. The first kappa shape index (κ1) is 19.9. The van der Waals surface area contributed by atoms with Gasteiger partial charge in [0.1, 0.15) is 18.1 Å². The number of rotatable bonds is 6. The zero-order chi connectivity index (χ0) is 19.2. The number of methoxy groups -OCH3 is 1. The van der Waals surface area contributed by atoms with Gasteiger partial charge in [0.2, 0.25) is 0 Å². The van der Waals surface area contributed by atoms with Crippen LogP contribution < -0.4 is 9.47 Å². The van der Waals surface area contributed by atoms with E-state index in [0.29, 0.717) is 17.4 Å². The lowest BCUT2D eigenvalue weighted by Crippen LogP contribution is -1.96. The van der Waals surface area contributed by atoms with Gasteiger partial charge in [0.15, 0.2) is 0 Å². The second-order valence-corrected chi connectivity index (χ2v) is 7.85. The highest BCUT2D eigenvalue weighted by atomic mass is 79.9. The van der Waals surface area contributed by atoms with Gasteiger partial charge in [0, 0.05) is 20.7 Å². The summed E-state index contributed by atoms with van der Waals surface area (Å²) in [5.74, 6) is 1.43. The topological polar surface area (TPSA) is 30.8 Å². The first-order chi connectivity index (χ1) is 13.0. The van der Waals surface area contributed by atoms with Crippen molar-refractivity contribution in [2.24, 2.45) is 4.99 Å². The van der Waals surface area contributed by atoms with Crippen LogP contribution in [0.5, 0.6) is 11.5 Å². The molecule has 0 fully saturated rings. The molecule has 27 heavy (non-hydrogen) atoms. The van der Waals surface area contributed by atoms with Crippen LogP contribution in [0, 0.1) is 0 Å². The number of benzene rings is 3. The van der Waals surface area contributed by atoms with E-state index < -0.39 is 0 Å². The Morgan fingerprint density at radius 3 is 2.44 bits per heavy atom. The quantitative estimate of drug-likeness (QED) is 0.329. The summed E-state index contributed by atoms with van der Waals surface area (Å²) in [6.07, 6.45) is 1.78. The Morgan fingerprint density at radius 2 is 1.78 bits per heavy atom. The third-order valence-electron chi connectivity index (χ3n) is 3.79. The molecule has 0 radical (unpaired) electrons.